The smallest absolute Gasteiger partial charge is 0.306 e. The van der Waals surface area contributed by atoms with E-state index >= 15 is 0 Å². The molecule has 0 aromatic heterocycles. The molecule has 1 aromatic carbocycles. The SMILES string of the molecule is CN(C)c1ccc(CNC(=O)C2CCC(C(=O)O)C2)cc1. The van der Waals surface area contributed by atoms with Crippen LogP contribution in [0.4, 0.5) is 5.69 Å². The number of anilines is 1. The van der Waals surface area contributed by atoms with E-state index in [9.17, 15) is 9.59 Å². The number of aliphatic carboxylic acids is 1. The van der Waals surface area contributed by atoms with Crippen LogP contribution in [0.5, 0.6) is 0 Å². The highest BCUT2D eigenvalue weighted by Gasteiger charge is 2.33. The highest BCUT2D eigenvalue weighted by molar-refractivity contribution is 5.80. The highest BCUT2D eigenvalue weighted by Crippen LogP contribution is 2.31. The maximum Gasteiger partial charge on any atom is 0.306 e. The topological polar surface area (TPSA) is 69.6 Å². The lowest BCUT2D eigenvalue weighted by molar-refractivity contribution is -0.141. The Hall–Kier alpha value is -2.04. The van der Waals surface area contributed by atoms with Gasteiger partial charge in [-0.3, -0.25) is 9.59 Å². The fourth-order valence-corrected chi connectivity index (χ4v) is 2.69. The molecule has 5 nitrogen and oxygen atoms in total. The third-order valence-corrected chi connectivity index (χ3v) is 4.07. The lowest BCUT2D eigenvalue weighted by Gasteiger charge is -2.14. The second-order valence-electron chi connectivity index (χ2n) is 5.82. The molecule has 1 aromatic rings. The fourth-order valence-electron chi connectivity index (χ4n) is 2.69. The van der Waals surface area contributed by atoms with Crippen LogP contribution in [0.25, 0.3) is 0 Å². The van der Waals surface area contributed by atoms with E-state index in [1.54, 1.807) is 0 Å². The summed E-state index contributed by atoms with van der Waals surface area (Å²) in [4.78, 5) is 25.0. The van der Waals surface area contributed by atoms with Gasteiger partial charge in [-0.2, -0.15) is 0 Å². The van der Waals surface area contributed by atoms with Gasteiger partial charge in [-0.15, -0.1) is 0 Å². The summed E-state index contributed by atoms with van der Waals surface area (Å²) in [6, 6.07) is 8.00. The van der Waals surface area contributed by atoms with Gasteiger partial charge in [-0.25, -0.2) is 0 Å². The van der Waals surface area contributed by atoms with E-state index in [-0.39, 0.29) is 17.7 Å². The van der Waals surface area contributed by atoms with Crippen LogP contribution in [0.1, 0.15) is 24.8 Å². The van der Waals surface area contributed by atoms with Gasteiger partial charge in [-0.1, -0.05) is 12.1 Å². The summed E-state index contributed by atoms with van der Waals surface area (Å²) < 4.78 is 0. The molecule has 1 amide bonds. The average Bonchev–Trinajstić information content (AvgIpc) is 2.95. The van der Waals surface area contributed by atoms with E-state index < -0.39 is 5.97 Å². The quantitative estimate of drug-likeness (QED) is 0.868. The number of hydrogen-bond acceptors (Lipinski definition) is 3. The van der Waals surface area contributed by atoms with Crippen LogP contribution in [-0.4, -0.2) is 31.1 Å². The molecule has 1 saturated carbocycles. The van der Waals surface area contributed by atoms with Gasteiger partial charge in [0.2, 0.25) is 5.91 Å². The lowest BCUT2D eigenvalue weighted by atomic mass is 10.0. The van der Waals surface area contributed by atoms with E-state index in [0.717, 1.165) is 11.3 Å². The first-order chi connectivity index (χ1) is 9.97. The van der Waals surface area contributed by atoms with Gasteiger partial charge in [0.1, 0.15) is 0 Å². The van der Waals surface area contributed by atoms with Crippen molar-refractivity contribution in [3.63, 3.8) is 0 Å². The maximum atomic E-state index is 12.0. The van der Waals surface area contributed by atoms with Gasteiger partial charge in [0, 0.05) is 32.2 Å². The number of rotatable bonds is 5. The van der Waals surface area contributed by atoms with E-state index in [1.165, 1.54) is 0 Å². The molecule has 0 radical (unpaired) electrons. The van der Waals surface area contributed by atoms with Gasteiger partial charge < -0.3 is 15.3 Å². The highest BCUT2D eigenvalue weighted by atomic mass is 16.4. The van der Waals surface area contributed by atoms with Crippen molar-refractivity contribution in [1.29, 1.82) is 0 Å². The molecule has 21 heavy (non-hydrogen) atoms. The monoisotopic (exact) mass is 290 g/mol. The molecule has 2 N–H and O–H groups in total. The van der Waals surface area contributed by atoms with Gasteiger partial charge in [0.15, 0.2) is 0 Å². The molecule has 1 aliphatic rings. The van der Waals surface area contributed by atoms with Crippen LogP contribution >= 0.6 is 0 Å². The number of carbonyl (C=O) groups is 2. The van der Waals surface area contributed by atoms with Crippen LogP contribution in [0.2, 0.25) is 0 Å². The minimum absolute atomic E-state index is 0.0320. The van der Waals surface area contributed by atoms with Crippen LogP contribution < -0.4 is 10.2 Å². The summed E-state index contributed by atoms with van der Waals surface area (Å²) in [5.41, 5.74) is 2.16. The second kappa shape index (κ2) is 6.61. The predicted molar refractivity (Wildman–Crippen MR) is 81.1 cm³/mol. The van der Waals surface area contributed by atoms with Gasteiger partial charge >= 0.3 is 5.97 Å². The Morgan fingerprint density at radius 3 is 2.33 bits per heavy atom. The van der Waals surface area contributed by atoms with Crippen molar-refractivity contribution in [2.75, 3.05) is 19.0 Å². The van der Waals surface area contributed by atoms with Crippen LogP contribution in [0, 0.1) is 11.8 Å². The van der Waals surface area contributed by atoms with Crippen molar-refractivity contribution in [2.24, 2.45) is 11.8 Å². The number of amides is 1. The summed E-state index contributed by atoms with van der Waals surface area (Å²) in [5.74, 6) is -1.34. The fraction of sp³-hybridized carbons (Fsp3) is 0.500. The Balaban J connectivity index is 1.83. The van der Waals surface area contributed by atoms with Crippen molar-refractivity contribution in [3.8, 4) is 0 Å². The molecule has 2 rings (SSSR count). The molecular weight excluding hydrogens is 268 g/mol. The lowest BCUT2D eigenvalue weighted by Crippen LogP contribution is -2.29. The molecule has 2 unspecified atom stereocenters. The number of carboxylic acid groups (broad SMARTS) is 1. The second-order valence-corrected chi connectivity index (χ2v) is 5.82. The van der Waals surface area contributed by atoms with Crippen molar-refractivity contribution in [1.82, 2.24) is 5.32 Å². The molecule has 114 valence electrons. The molecular formula is C16H22N2O3. The maximum absolute atomic E-state index is 12.0. The molecule has 0 bridgehead atoms. The number of carbonyl (C=O) groups excluding carboxylic acids is 1. The third-order valence-electron chi connectivity index (χ3n) is 4.07. The van der Waals surface area contributed by atoms with Crippen molar-refractivity contribution in [2.45, 2.75) is 25.8 Å². The van der Waals surface area contributed by atoms with E-state index in [0.29, 0.717) is 25.8 Å². The Morgan fingerprint density at radius 2 is 1.81 bits per heavy atom. The zero-order valence-corrected chi connectivity index (χ0v) is 12.5. The zero-order valence-electron chi connectivity index (χ0n) is 12.5. The Morgan fingerprint density at radius 1 is 1.19 bits per heavy atom. The summed E-state index contributed by atoms with van der Waals surface area (Å²) >= 11 is 0. The summed E-state index contributed by atoms with van der Waals surface area (Å²) in [6.45, 7) is 0.487. The van der Waals surface area contributed by atoms with E-state index in [2.05, 4.69) is 5.32 Å². The molecule has 0 spiro atoms. The largest absolute Gasteiger partial charge is 0.481 e. The molecule has 0 heterocycles. The molecule has 1 aliphatic carbocycles. The number of benzene rings is 1. The normalized spacial score (nSPS) is 21.0. The predicted octanol–water partition coefficient (Wildman–Crippen LogP) is 1.87. The molecule has 2 atom stereocenters. The summed E-state index contributed by atoms with van der Waals surface area (Å²) in [7, 11) is 3.96. The third kappa shape index (κ3) is 3.97. The minimum atomic E-state index is -0.787. The first kappa shape index (κ1) is 15.4. The van der Waals surface area contributed by atoms with Crippen LogP contribution in [0.15, 0.2) is 24.3 Å². The number of hydrogen-bond donors (Lipinski definition) is 2. The van der Waals surface area contributed by atoms with Crippen molar-refractivity contribution in [3.05, 3.63) is 29.8 Å². The number of carboxylic acids is 1. The molecule has 5 heteroatoms. The van der Waals surface area contributed by atoms with Crippen LogP contribution in [0.3, 0.4) is 0 Å². The average molecular weight is 290 g/mol. The van der Waals surface area contributed by atoms with E-state index in [4.69, 9.17) is 5.11 Å². The Kier molecular flexibility index (Phi) is 4.83. The van der Waals surface area contributed by atoms with Crippen LogP contribution in [-0.2, 0) is 16.1 Å². The first-order valence-electron chi connectivity index (χ1n) is 7.24. The minimum Gasteiger partial charge on any atom is -0.481 e. The molecule has 0 aliphatic heterocycles. The van der Waals surface area contributed by atoms with Gasteiger partial charge in [0.25, 0.3) is 0 Å². The first-order valence-corrected chi connectivity index (χ1v) is 7.24. The summed E-state index contributed by atoms with van der Waals surface area (Å²) in [6.07, 6.45) is 1.73. The van der Waals surface area contributed by atoms with E-state index in [1.807, 2.05) is 43.3 Å². The van der Waals surface area contributed by atoms with Gasteiger partial charge in [0.05, 0.1) is 5.92 Å². The molecule has 0 saturated heterocycles. The molecule has 1 fully saturated rings. The zero-order chi connectivity index (χ0) is 15.4. The van der Waals surface area contributed by atoms with Gasteiger partial charge in [-0.05, 0) is 37.0 Å². The number of nitrogens with one attached hydrogen (secondary N) is 1. The Labute approximate surface area is 125 Å². The standard InChI is InChI=1S/C16H22N2O3/c1-18(2)14-7-3-11(4-8-14)10-17-15(19)12-5-6-13(9-12)16(20)21/h3-4,7-8,12-13H,5-6,9-10H2,1-2H3,(H,17,19)(H,20,21). The summed E-state index contributed by atoms with van der Waals surface area (Å²) in [5, 5.41) is 11.9. The number of nitrogens with zero attached hydrogens (tertiary/aromatic N) is 1. The van der Waals surface area contributed by atoms with Crippen molar-refractivity contribution >= 4 is 17.6 Å². The Bertz CT molecular complexity index is 511. The van der Waals surface area contributed by atoms with Crippen molar-refractivity contribution < 1.29 is 14.7 Å².